The lowest BCUT2D eigenvalue weighted by Crippen LogP contribution is -2.33. The Kier molecular flexibility index (Phi) is 6.82. The topological polar surface area (TPSA) is 167 Å². The average molecular weight is 487 g/mol. The van der Waals surface area contributed by atoms with Crippen molar-refractivity contribution in [2.24, 2.45) is 5.92 Å². The summed E-state index contributed by atoms with van der Waals surface area (Å²) in [6, 6.07) is 7.25. The molecule has 1 aliphatic carbocycles. The number of hydrogen-bond donors (Lipinski definition) is 4. The predicted octanol–water partition coefficient (Wildman–Crippen LogP) is 2.83. The molecule has 0 fully saturated rings. The Hall–Kier alpha value is -3.47. The molecule has 0 amide bonds. The first kappa shape index (κ1) is 23.7. The van der Waals surface area contributed by atoms with Gasteiger partial charge in [-0.2, -0.15) is 15.1 Å². The number of aromatic nitrogens is 4. The minimum atomic E-state index is -3.97. The third-order valence-electron chi connectivity index (χ3n) is 5.33. The van der Waals surface area contributed by atoms with Crippen molar-refractivity contribution < 1.29 is 23.5 Å². The number of nitrogen functional groups attached to an aromatic ring is 1. The van der Waals surface area contributed by atoms with Crippen LogP contribution in [-0.4, -0.2) is 50.3 Å². The zero-order valence-electron chi connectivity index (χ0n) is 18.7. The predicted molar refractivity (Wildman–Crippen MR) is 126 cm³/mol. The number of benzene rings is 1. The number of carboxylic acids is 1. The number of hydrogen-bond acceptors (Lipinski definition) is 9. The second-order valence-corrected chi connectivity index (χ2v) is 9.53. The summed E-state index contributed by atoms with van der Waals surface area (Å²) >= 11 is 0. The minimum absolute atomic E-state index is 0.0575. The van der Waals surface area contributed by atoms with Gasteiger partial charge >= 0.3 is 13.7 Å². The van der Waals surface area contributed by atoms with Gasteiger partial charge in [0.15, 0.2) is 17.0 Å². The molecule has 0 bridgehead atoms. The lowest BCUT2D eigenvalue weighted by molar-refractivity contribution is -0.138. The Labute approximate surface area is 195 Å². The van der Waals surface area contributed by atoms with E-state index in [-0.39, 0.29) is 24.5 Å². The molecule has 2 heterocycles. The van der Waals surface area contributed by atoms with Crippen LogP contribution in [0.2, 0.25) is 0 Å². The molecular formula is C21H26N7O5P. The van der Waals surface area contributed by atoms with E-state index in [9.17, 15) is 14.5 Å². The molecule has 12 nitrogen and oxygen atoms in total. The average Bonchev–Trinajstić information content (AvgIpc) is 3.44. The summed E-state index contributed by atoms with van der Waals surface area (Å²) < 4.78 is 26.5. The summed E-state index contributed by atoms with van der Waals surface area (Å²) in [7, 11) is -2.23. The molecule has 0 saturated carbocycles. The number of aliphatic carboxylic acids is 1. The van der Waals surface area contributed by atoms with Gasteiger partial charge in [0.2, 0.25) is 5.95 Å². The van der Waals surface area contributed by atoms with E-state index < -0.39 is 19.8 Å². The largest absolute Gasteiger partial charge is 0.480 e. The van der Waals surface area contributed by atoms with Gasteiger partial charge in [0.05, 0.1) is 19.0 Å². The number of imidazole rings is 1. The summed E-state index contributed by atoms with van der Waals surface area (Å²) in [6.07, 6.45) is 6.25. The molecule has 0 spiro atoms. The third kappa shape index (κ3) is 5.19. The Bertz CT molecular complexity index is 1250. The van der Waals surface area contributed by atoms with Gasteiger partial charge in [-0.25, -0.2) is 9.55 Å². The van der Waals surface area contributed by atoms with E-state index >= 15 is 0 Å². The number of rotatable bonds is 10. The van der Waals surface area contributed by atoms with Gasteiger partial charge in [-0.1, -0.05) is 30.4 Å². The van der Waals surface area contributed by atoms with Crippen molar-refractivity contribution in [2.45, 2.75) is 25.4 Å². The van der Waals surface area contributed by atoms with Gasteiger partial charge in [-0.3, -0.25) is 9.32 Å². The second-order valence-electron chi connectivity index (χ2n) is 7.84. The molecule has 180 valence electrons. The molecule has 13 heteroatoms. The van der Waals surface area contributed by atoms with Gasteiger partial charge in [0.25, 0.3) is 0 Å². The SMILES string of the molecule is CNc1nc(N)nc2c1ncn2[C@H]1C=C[C@@H](COP(=O)(NC(C)C(=O)O)Oc2ccccc2)C1. The highest BCUT2D eigenvalue weighted by Crippen LogP contribution is 2.46. The number of fused-ring (bicyclic) bond motifs is 1. The van der Waals surface area contributed by atoms with Crippen LogP contribution in [0, 0.1) is 5.92 Å². The van der Waals surface area contributed by atoms with Crippen molar-refractivity contribution >= 4 is 36.6 Å². The number of nitrogens with two attached hydrogens (primary N) is 1. The maximum Gasteiger partial charge on any atom is 0.459 e. The second kappa shape index (κ2) is 9.80. The van der Waals surface area contributed by atoms with E-state index in [0.29, 0.717) is 29.2 Å². The Morgan fingerprint density at radius 2 is 2.09 bits per heavy atom. The highest BCUT2D eigenvalue weighted by atomic mass is 31.2. The monoisotopic (exact) mass is 487 g/mol. The lowest BCUT2D eigenvalue weighted by Gasteiger charge is -2.23. The number of nitrogens with one attached hydrogen (secondary N) is 2. The quantitative estimate of drug-likeness (QED) is 0.245. The molecule has 1 aliphatic rings. The van der Waals surface area contributed by atoms with Gasteiger partial charge in [-0.05, 0) is 25.5 Å². The summed E-state index contributed by atoms with van der Waals surface area (Å²) in [5.41, 5.74) is 7.05. The van der Waals surface area contributed by atoms with Crippen molar-refractivity contribution in [2.75, 3.05) is 24.7 Å². The highest BCUT2D eigenvalue weighted by molar-refractivity contribution is 7.52. The molecule has 3 aromatic rings. The van der Waals surface area contributed by atoms with Gasteiger partial charge in [0, 0.05) is 13.0 Å². The van der Waals surface area contributed by atoms with Crippen molar-refractivity contribution in [3.8, 4) is 5.75 Å². The Balaban J connectivity index is 1.46. The smallest absolute Gasteiger partial charge is 0.459 e. The zero-order valence-corrected chi connectivity index (χ0v) is 19.6. The fraction of sp³-hybridized carbons (Fsp3) is 0.333. The van der Waals surface area contributed by atoms with Crippen LogP contribution in [-0.2, 0) is 13.9 Å². The molecule has 4 atom stereocenters. The van der Waals surface area contributed by atoms with Crippen molar-refractivity contribution in [1.29, 1.82) is 0 Å². The van der Waals surface area contributed by atoms with Gasteiger partial charge < -0.3 is 25.2 Å². The standard InChI is InChI=1S/C21H26N7O5P/c1-13(20(29)30)27-34(31,33-16-6-4-3-5-7-16)32-11-14-8-9-15(10-14)28-12-24-17-18(23-2)25-21(22)26-19(17)28/h3-9,12-15H,10-11H2,1-2H3,(H,27,31)(H,29,30)(H3,22,23,25,26)/t13?,14-,15+,34?/m1/s1. The van der Waals surface area contributed by atoms with Crippen LogP contribution in [0.3, 0.4) is 0 Å². The van der Waals surface area contributed by atoms with Crippen LogP contribution in [0.4, 0.5) is 11.8 Å². The van der Waals surface area contributed by atoms with E-state index in [2.05, 4.69) is 25.4 Å². The molecule has 0 radical (unpaired) electrons. The van der Waals surface area contributed by atoms with E-state index in [4.69, 9.17) is 14.8 Å². The van der Waals surface area contributed by atoms with Crippen molar-refractivity contribution in [3.05, 3.63) is 48.8 Å². The van der Waals surface area contributed by atoms with E-state index in [1.807, 2.05) is 16.7 Å². The van der Waals surface area contributed by atoms with Crippen molar-refractivity contribution in [3.63, 3.8) is 0 Å². The molecule has 4 rings (SSSR count). The van der Waals surface area contributed by atoms with Crippen molar-refractivity contribution in [1.82, 2.24) is 24.6 Å². The summed E-state index contributed by atoms with van der Waals surface area (Å²) in [5, 5.41) is 14.7. The first-order valence-corrected chi connectivity index (χ1v) is 12.2. The van der Waals surface area contributed by atoms with E-state index in [1.54, 1.807) is 43.7 Å². The fourth-order valence-corrected chi connectivity index (χ4v) is 5.18. The molecule has 0 saturated heterocycles. The van der Waals surface area contributed by atoms with E-state index in [1.165, 1.54) is 6.92 Å². The van der Waals surface area contributed by atoms with Crippen LogP contribution in [0.1, 0.15) is 19.4 Å². The highest BCUT2D eigenvalue weighted by Gasteiger charge is 2.33. The molecule has 0 aliphatic heterocycles. The number of nitrogens with zero attached hydrogens (tertiary/aromatic N) is 4. The molecule has 2 aromatic heterocycles. The lowest BCUT2D eigenvalue weighted by atomic mass is 10.1. The normalized spacial score (nSPS) is 20.2. The summed E-state index contributed by atoms with van der Waals surface area (Å²) in [6.45, 7) is 1.43. The maximum absolute atomic E-state index is 13.4. The van der Waals surface area contributed by atoms with Crippen LogP contribution in [0.5, 0.6) is 5.75 Å². The first-order valence-electron chi connectivity index (χ1n) is 10.6. The molecule has 34 heavy (non-hydrogen) atoms. The van der Waals surface area contributed by atoms with Crippen LogP contribution in [0.15, 0.2) is 48.8 Å². The molecule has 1 aromatic carbocycles. The van der Waals surface area contributed by atoms with Crippen LogP contribution < -0.4 is 20.7 Å². The number of para-hydroxylation sites is 1. The fourth-order valence-electron chi connectivity index (χ4n) is 3.63. The van der Waals surface area contributed by atoms with Crippen LogP contribution >= 0.6 is 7.75 Å². The van der Waals surface area contributed by atoms with Gasteiger partial charge in [-0.15, -0.1) is 0 Å². The molecule has 2 unspecified atom stereocenters. The maximum atomic E-state index is 13.4. The third-order valence-corrected chi connectivity index (χ3v) is 6.98. The minimum Gasteiger partial charge on any atom is -0.480 e. The molecule has 5 N–H and O–H groups in total. The number of anilines is 2. The van der Waals surface area contributed by atoms with Gasteiger partial charge in [0.1, 0.15) is 11.8 Å². The summed E-state index contributed by atoms with van der Waals surface area (Å²) in [4.78, 5) is 24.2. The number of allylic oxidation sites excluding steroid dienone is 1. The number of carbonyl (C=O) groups is 1. The summed E-state index contributed by atoms with van der Waals surface area (Å²) in [5.74, 6) is -0.285. The van der Waals surface area contributed by atoms with E-state index in [0.717, 1.165) is 0 Å². The van der Waals surface area contributed by atoms with Crippen LogP contribution in [0.25, 0.3) is 11.2 Å². The molecular weight excluding hydrogens is 461 g/mol. The Morgan fingerprint density at radius 3 is 2.79 bits per heavy atom. The number of carboxylic acid groups (broad SMARTS) is 1. The first-order chi connectivity index (χ1) is 16.3. The zero-order chi connectivity index (χ0) is 24.3. The Morgan fingerprint density at radius 1 is 1.32 bits per heavy atom.